The Morgan fingerprint density at radius 3 is 2.55 bits per heavy atom. The van der Waals surface area contributed by atoms with E-state index in [0.29, 0.717) is 5.76 Å². The third-order valence-corrected chi connectivity index (χ3v) is 7.01. The van der Waals surface area contributed by atoms with Gasteiger partial charge < -0.3 is 19.3 Å². The molecule has 3 aliphatic carbocycles. The lowest BCUT2D eigenvalue weighted by molar-refractivity contribution is -0.204. The van der Waals surface area contributed by atoms with E-state index in [9.17, 15) is 19.5 Å². The number of hydrogen-bond donors (Lipinski definition) is 1. The molecule has 0 aromatic heterocycles. The number of fused-ring (bicyclic) bond motifs is 2. The van der Waals surface area contributed by atoms with Crippen molar-refractivity contribution in [3.05, 3.63) is 11.8 Å². The van der Waals surface area contributed by atoms with Gasteiger partial charge in [-0.15, -0.1) is 0 Å². The Hall–Kier alpha value is -1.89. The molecule has 0 amide bonds. The summed E-state index contributed by atoms with van der Waals surface area (Å²) < 4.78 is 16.1. The monoisotopic (exact) mass is 306 g/mol. The standard InChI is InChI=1S/C15H14O7/c1-12-8-7-5(20-3)4-6(16)15(12)13(7,2)14(19,11(18)22-15)10(12)21-9(8)17/h4,7-8,10,19H,1-3H3. The Morgan fingerprint density at radius 1 is 1.23 bits per heavy atom. The average Bonchev–Trinajstić information content (AvgIpc) is 2.89. The second kappa shape index (κ2) is 2.82. The Labute approximate surface area is 125 Å². The second-order valence-electron chi connectivity index (χ2n) is 7.21. The predicted octanol–water partition coefficient (Wildman–Crippen LogP) is -0.676. The molecular weight excluding hydrogens is 292 g/mol. The summed E-state index contributed by atoms with van der Waals surface area (Å²) in [6, 6.07) is 0. The molecule has 0 spiro atoms. The van der Waals surface area contributed by atoms with Crippen LogP contribution in [0.15, 0.2) is 11.8 Å². The lowest BCUT2D eigenvalue weighted by Crippen LogP contribution is -2.62. The van der Waals surface area contributed by atoms with E-state index in [0.717, 1.165) is 0 Å². The van der Waals surface area contributed by atoms with E-state index in [1.165, 1.54) is 13.2 Å². The molecule has 0 aromatic carbocycles. The lowest BCUT2D eigenvalue weighted by Gasteiger charge is -2.43. The van der Waals surface area contributed by atoms with E-state index in [1.54, 1.807) is 13.8 Å². The Bertz CT molecular complexity index is 740. The van der Waals surface area contributed by atoms with Crippen LogP contribution in [0.25, 0.3) is 0 Å². The van der Waals surface area contributed by atoms with E-state index in [2.05, 4.69) is 0 Å². The number of allylic oxidation sites excluding steroid dienone is 1. The number of esters is 2. The molecule has 0 aromatic rings. The molecule has 7 heteroatoms. The maximum atomic E-state index is 12.9. The first-order chi connectivity index (χ1) is 10.2. The van der Waals surface area contributed by atoms with Crippen LogP contribution >= 0.6 is 0 Å². The minimum atomic E-state index is -2.03. The smallest absolute Gasteiger partial charge is 0.343 e. The van der Waals surface area contributed by atoms with Crippen molar-refractivity contribution < 1.29 is 33.7 Å². The molecule has 5 bridgehead atoms. The topological polar surface area (TPSA) is 99.1 Å². The largest absolute Gasteiger partial charge is 0.501 e. The molecule has 7 atom stereocenters. The van der Waals surface area contributed by atoms with Crippen LogP contribution in [0.2, 0.25) is 0 Å². The maximum Gasteiger partial charge on any atom is 0.343 e. The first-order valence-electron chi connectivity index (χ1n) is 7.19. The van der Waals surface area contributed by atoms with Crippen LogP contribution in [0, 0.1) is 22.7 Å². The van der Waals surface area contributed by atoms with Crippen molar-refractivity contribution in [3.8, 4) is 0 Å². The quantitative estimate of drug-likeness (QED) is 0.641. The third kappa shape index (κ3) is 0.683. The predicted molar refractivity (Wildman–Crippen MR) is 66.9 cm³/mol. The average molecular weight is 306 g/mol. The van der Waals surface area contributed by atoms with Gasteiger partial charge in [-0.3, -0.25) is 9.59 Å². The fourth-order valence-corrected chi connectivity index (χ4v) is 6.29. The second-order valence-corrected chi connectivity index (χ2v) is 7.21. The van der Waals surface area contributed by atoms with Crippen molar-refractivity contribution in [1.29, 1.82) is 0 Å². The molecule has 1 N–H and O–H groups in total. The summed E-state index contributed by atoms with van der Waals surface area (Å²) in [7, 11) is 1.40. The number of ketones is 1. The van der Waals surface area contributed by atoms with E-state index in [4.69, 9.17) is 14.2 Å². The van der Waals surface area contributed by atoms with Crippen LogP contribution in [0.3, 0.4) is 0 Å². The molecule has 116 valence electrons. The van der Waals surface area contributed by atoms with Crippen molar-refractivity contribution in [3.63, 3.8) is 0 Å². The molecule has 22 heavy (non-hydrogen) atoms. The summed E-state index contributed by atoms with van der Waals surface area (Å²) in [5, 5.41) is 11.2. The fourth-order valence-electron chi connectivity index (χ4n) is 6.29. The van der Waals surface area contributed by atoms with Crippen LogP contribution in [0.4, 0.5) is 0 Å². The third-order valence-electron chi connectivity index (χ3n) is 7.01. The Morgan fingerprint density at radius 2 is 1.91 bits per heavy atom. The molecule has 2 saturated carbocycles. The molecule has 2 aliphatic heterocycles. The number of aliphatic hydroxyl groups is 1. The first-order valence-corrected chi connectivity index (χ1v) is 7.19. The van der Waals surface area contributed by atoms with E-state index >= 15 is 0 Å². The van der Waals surface area contributed by atoms with Gasteiger partial charge in [0.2, 0.25) is 11.4 Å². The molecule has 7 nitrogen and oxygen atoms in total. The van der Waals surface area contributed by atoms with Crippen molar-refractivity contribution in [2.75, 3.05) is 7.11 Å². The van der Waals surface area contributed by atoms with Crippen molar-refractivity contribution in [2.45, 2.75) is 31.2 Å². The van der Waals surface area contributed by atoms with Crippen LogP contribution in [-0.4, -0.2) is 47.2 Å². The van der Waals surface area contributed by atoms with Gasteiger partial charge in [-0.2, -0.15) is 0 Å². The SMILES string of the molecule is COC1=CC(=O)C23OC(=O)C4(O)C5OC(=O)C(C1C42C)C53C. The molecule has 5 rings (SSSR count). The van der Waals surface area contributed by atoms with Gasteiger partial charge in [0, 0.05) is 12.0 Å². The highest BCUT2D eigenvalue weighted by atomic mass is 16.6. The molecule has 0 radical (unpaired) electrons. The zero-order valence-electron chi connectivity index (χ0n) is 12.2. The molecule has 4 fully saturated rings. The van der Waals surface area contributed by atoms with E-state index in [-0.39, 0.29) is 0 Å². The van der Waals surface area contributed by atoms with E-state index in [1.807, 2.05) is 0 Å². The van der Waals surface area contributed by atoms with Gasteiger partial charge in [0.05, 0.1) is 23.9 Å². The highest BCUT2D eigenvalue weighted by Crippen LogP contribution is 2.85. The van der Waals surface area contributed by atoms with Gasteiger partial charge in [-0.05, 0) is 0 Å². The van der Waals surface area contributed by atoms with Gasteiger partial charge in [-0.1, -0.05) is 13.8 Å². The van der Waals surface area contributed by atoms with Gasteiger partial charge in [0.1, 0.15) is 5.76 Å². The minimum Gasteiger partial charge on any atom is -0.501 e. The summed E-state index contributed by atoms with van der Waals surface area (Å²) in [5.41, 5.74) is -5.95. The number of carbonyl (C=O) groups is 3. The van der Waals surface area contributed by atoms with Gasteiger partial charge in [-0.25, -0.2) is 4.79 Å². The van der Waals surface area contributed by atoms with Crippen molar-refractivity contribution in [2.24, 2.45) is 22.7 Å². The van der Waals surface area contributed by atoms with Crippen molar-refractivity contribution >= 4 is 17.7 Å². The molecule has 7 unspecified atom stereocenters. The summed E-state index contributed by atoms with van der Waals surface area (Å²) in [6.45, 7) is 3.33. The maximum absolute atomic E-state index is 12.9. The fraction of sp³-hybridized carbons (Fsp3) is 0.667. The number of carbonyl (C=O) groups excluding carboxylic acids is 3. The van der Waals surface area contributed by atoms with Gasteiger partial charge in [0.15, 0.2) is 11.7 Å². The number of hydrogen-bond acceptors (Lipinski definition) is 7. The summed E-state index contributed by atoms with van der Waals surface area (Å²) in [4.78, 5) is 37.7. The van der Waals surface area contributed by atoms with Gasteiger partial charge in [0.25, 0.3) is 0 Å². The van der Waals surface area contributed by atoms with Crippen LogP contribution in [-0.2, 0) is 28.6 Å². The molecule has 2 saturated heterocycles. The number of methoxy groups -OCH3 is 1. The highest BCUT2D eigenvalue weighted by Gasteiger charge is 3.03. The summed E-state index contributed by atoms with van der Waals surface area (Å²) in [6.07, 6.45) is 0.235. The number of rotatable bonds is 1. The molecule has 2 heterocycles. The normalized spacial score (nSPS) is 59.5. The van der Waals surface area contributed by atoms with Crippen LogP contribution in [0.1, 0.15) is 13.8 Å². The van der Waals surface area contributed by atoms with E-state index < -0.39 is 57.7 Å². The van der Waals surface area contributed by atoms with Gasteiger partial charge >= 0.3 is 11.9 Å². The molecular formula is C15H14O7. The lowest BCUT2D eigenvalue weighted by atomic mass is 9.58. The minimum absolute atomic E-state index is 0.297. The van der Waals surface area contributed by atoms with Crippen LogP contribution in [0.5, 0.6) is 0 Å². The Balaban J connectivity index is 1.96. The first kappa shape index (κ1) is 12.6. The summed E-state index contributed by atoms with van der Waals surface area (Å²) >= 11 is 0. The van der Waals surface area contributed by atoms with Crippen molar-refractivity contribution in [1.82, 2.24) is 0 Å². The Kier molecular flexibility index (Phi) is 1.62. The zero-order valence-corrected chi connectivity index (χ0v) is 12.2. The number of ether oxygens (including phenoxy) is 3. The highest BCUT2D eigenvalue weighted by molar-refractivity contribution is 6.10. The zero-order chi connectivity index (χ0) is 15.9. The summed E-state index contributed by atoms with van der Waals surface area (Å²) in [5.74, 6) is -2.85. The molecule has 5 aliphatic rings. The van der Waals surface area contributed by atoms with Crippen LogP contribution < -0.4 is 0 Å².